The van der Waals surface area contributed by atoms with Crippen LogP contribution in [0, 0.1) is 5.82 Å². The van der Waals surface area contributed by atoms with Gasteiger partial charge in [0.25, 0.3) is 11.8 Å². The van der Waals surface area contributed by atoms with Gasteiger partial charge in [0.1, 0.15) is 22.3 Å². The van der Waals surface area contributed by atoms with E-state index in [1.54, 1.807) is 5.38 Å². The third kappa shape index (κ3) is 4.96. The topological polar surface area (TPSA) is 101 Å². The second-order valence-electron chi connectivity index (χ2n) is 9.43. The van der Waals surface area contributed by atoms with Gasteiger partial charge in [-0.1, -0.05) is 41.9 Å². The Morgan fingerprint density at radius 3 is 2.58 bits per heavy atom. The highest BCUT2D eigenvalue weighted by atomic mass is 35.5. The molecule has 3 aliphatic rings. The van der Waals surface area contributed by atoms with Crippen LogP contribution in [0.2, 0.25) is 5.02 Å². The van der Waals surface area contributed by atoms with E-state index in [1.165, 1.54) is 23.5 Å². The zero-order chi connectivity index (χ0) is 25.3. The summed E-state index contributed by atoms with van der Waals surface area (Å²) in [7, 11) is 0. The minimum absolute atomic E-state index is 0.0276. The monoisotopic (exact) mass is 529 g/mol. The maximum absolute atomic E-state index is 13.6. The Labute approximate surface area is 216 Å². The third-order valence-corrected chi connectivity index (χ3v) is 8.30. The average molecular weight is 530 g/mol. The second-order valence-corrected chi connectivity index (χ2v) is 10.7. The van der Waals surface area contributed by atoms with Crippen LogP contribution in [-0.4, -0.2) is 45.7 Å². The number of aliphatic hydroxyl groups is 1. The van der Waals surface area contributed by atoms with E-state index >= 15 is 0 Å². The van der Waals surface area contributed by atoms with Crippen LogP contribution in [0.1, 0.15) is 42.6 Å². The number of carbonyl (C=O) groups is 2. The summed E-state index contributed by atoms with van der Waals surface area (Å²) in [4.78, 5) is 30.1. The van der Waals surface area contributed by atoms with Crippen molar-refractivity contribution in [1.29, 1.82) is 0 Å². The SMILES string of the molecule is O=C(COc1ccc(Cl)c(F)c1)NC12CCC(NC(=O)c3csc(-c4ccccc4)n3)(CC1)C[C@@H]2O. The minimum atomic E-state index is -0.826. The van der Waals surface area contributed by atoms with Crippen LogP contribution in [0.4, 0.5) is 4.39 Å². The van der Waals surface area contributed by atoms with Crippen molar-refractivity contribution in [3.63, 3.8) is 0 Å². The molecule has 0 saturated heterocycles. The number of benzene rings is 2. The summed E-state index contributed by atoms with van der Waals surface area (Å²) >= 11 is 7.08. The van der Waals surface area contributed by atoms with Gasteiger partial charge in [-0.15, -0.1) is 11.3 Å². The number of nitrogens with zero attached hydrogens (tertiary/aromatic N) is 1. The fraction of sp³-hybridized carbons (Fsp3) is 0.346. The number of carbonyl (C=O) groups excluding carboxylic acids is 2. The quantitative estimate of drug-likeness (QED) is 0.422. The molecule has 0 radical (unpaired) electrons. The molecule has 188 valence electrons. The molecule has 3 aromatic rings. The molecular weight excluding hydrogens is 505 g/mol. The number of aromatic nitrogens is 1. The van der Waals surface area contributed by atoms with Gasteiger partial charge in [0.05, 0.1) is 16.7 Å². The highest BCUT2D eigenvalue weighted by Gasteiger charge is 2.55. The lowest BCUT2D eigenvalue weighted by atomic mass is 9.60. The van der Waals surface area contributed by atoms with E-state index in [4.69, 9.17) is 16.3 Å². The molecule has 36 heavy (non-hydrogen) atoms. The Kier molecular flexibility index (Phi) is 6.72. The van der Waals surface area contributed by atoms with Crippen LogP contribution in [-0.2, 0) is 4.79 Å². The van der Waals surface area contributed by atoms with E-state index in [2.05, 4.69) is 15.6 Å². The van der Waals surface area contributed by atoms with Gasteiger partial charge in [0, 0.05) is 22.5 Å². The summed E-state index contributed by atoms with van der Waals surface area (Å²) in [5.74, 6) is -1.10. The van der Waals surface area contributed by atoms with Crippen LogP contribution < -0.4 is 15.4 Å². The van der Waals surface area contributed by atoms with Crippen LogP contribution in [0.15, 0.2) is 53.9 Å². The highest BCUT2D eigenvalue weighted by Crippen LogP contribution is 2.47. The molecule has 1 heterocycles. The fourth-order valence-electron chi connectivity index (χ4n) is 5.09. The maximum Gasteiger partial charge on any atom is 0.271 e. The van der Waals surface area contributed by atoms with Crippen molar-refractivity contribution in [3.8, 4) is 16.3 Å². The molecule has 0 aliphatic heterocycles. The number of aliphatic hydroxyl groups excluding tert-OH is 1. The van der Waals surface area contributed by atoms with E-state index in [0.717, 1.165) is 16.6 Å². The van der Waals surface area contributed by atoms with Crippen molar-refractivity contribution in [3.05, 3.63) is 70.4 Å². The lowest BCUT2D eigenvalue weighted by Crippen LogP contribution is -2.70. The Morgan fingerprint density at radius 1 is 1.14 bits per heavy atom. The van der Waals surface area contributed by atoms with Crippen LogP contribution >= 0.6 is 22.9 Å². The van der Waals surface area contributed by atoms with Crippen LogP contribution in [0.25, 0.3) is 10.6 Å². The van der Waals surface area contributed by atoms with E-state index < -0.39 is 28.9 Å². The molecule has 3 fully saturated rings. The number of hydrogen-bond donors (Lipinski definition) is 3. The molecule has 10 heteroatoms. The summed E-state index contributed by atoms with van der Waals surface area (Å²) in [6, 6.07) is 13.6. The number of amides is 2. The van der Waals surface area contributed by atoms with Crippen molar-refractivity contribution in [2.75, 3.05) is 6.61 Å². The van der Waals surface area contributed by atoms with Gasteiger partial charge in [-0.25, -0.2) is 9.37 Å². The minimum Gasteiger partial charge on any atom is -0.484 e. The molecule has 3 saturated carbocycles. The van der Waals surface area contributed by atoms with Gasteiger partial charge in [0.15, 0.2) is 6.61 Å². The number of thiazole rings is 1. The molecule has 1 aromatic heterocycles. The first-order chi connectivity index (χ1) is 17.3. The standard InChI is InChI=1S/C26H25ClFN3O4S/c27-18-7-6-17(12-19(18)28)35-14-22(33)30-26-10-8-25(9-11-26,13-21(26)32)31-23(34)20-15-36-24(29-20)16-4-2-1-3-5-16/h1-7,12,15,21,32H,8-11,13-14H2,(H,30,33)(H,31,34)/t21-,25?,26?/m0/s1. The first-order valence-electron chi connectivity index (χ1n) is 11.7. The molecule has 2 aromatic carbocycles. The lowest BCUT2D eigenvalue weighted by molar-refractivity contribution is -0.132. The number of nitrogens with one attached hydrogen (secondary N) is 2. The Balaban J connectivity index is 1.18. The van der Waals surface area contributed by atoms with Gasteiger partial charge in [-0.2, -0.15) is 0 Å². The van der Waals surface area contributed by atoms with Crippen LogP contribution in [0.5, 0.6) is 5.75 Å². The average Bonchev–Trinajstić information content (AvgIpc) is 3.37. The summed E-state index contributed by atoms with van der Waals surface area (Å²) in [5, 5.41) is 19.5. The smallest absolute Gasteiger partial charge is 0.271 e. The van der Waals surface area contributed by atoms with Gasteiger partial charge >= 0.3 is 0 Å². The van der Waals surface area contributed by atoms with E-state index in [0.29, 0.717) is 37.8 Å². The third-order valence-electron chi connectivity index (χ3n) is 7.11. The molecule has 7 nitrogen and oxygen atoms in total. The van der Waals surface area contributed by atoms with Gasteiger partial charge in [-0.3, -0.25) is 9.59 Å². The molecule has 3 N–H and O–H groups in total. The first-order valence-corrected chi connectivity index (χ1v) is 12.9. The predicted octanol–water partition coefficient (Wildman–Crippen LogP) is 4.34. The predicted molar refractivity (Wildman–Crippen MR) is 135 cm³/mol. The van der Waals surface area contributed by atoms with E-state index in [9.17, 15) is 19.1 Å². The maximum atomic E-state index is 13.6. The molecule has 0 spiro atoms. The molecule has 1 atom stereocenters. The number of ether oxygens (including phenoxy) is 1. The first kappa shape index (κ1) is 24.7. The molecule has 2 amide bonds. The zero-order valence-corrected chi connectivity index (χ0v) is 20.9. The summed E-state index contributed by atoms with van der Waals surface area (Å²) in [6.07, 6.45) is 1.78. The summed E-state index contributed by atoms with van der Waals surface area (Å²) in [6.45, 7) is -0.314. The number of halogens is 2. The zero-order valence-electron chi connectivity index (χ0n) is 19.3. The van der Waals surface area contributed by atoms with Gasteiger partial charge in [0.2, 0.25) is 0 Å². The van der Waals surface area contributed by atoms with Crippen molar-refractivity contribution < 1.29 is 23.8 Å². The molecule has 2 bridgehead atoms. The van der Waals surface area contributed by atoms with Crippen molar-refractivity contribution in [2.24, 2.45) is 0 Å². The molecule has 3 aliphatic carbocycles. The Hall–Kier alpha value is -3.01. The molecular formula is C26H25ClFN3O4S. The van der Waals surface area contributed by atoms with Crippen molar-refractivity contribution in [1.82, 2.24) is 15.6 Å². The number of rotatable bonds is 7. The largest absolute Gasteiger partial charge is 0.484 e. The molecule has 6 rings (SSSR count). The summed E-state index contributed by atoms with van der Waals surface area (Å²) in [5.41, 5.74) is -0.0128. The number of fused-ring (bicyclic) bond motifs is 3. The highest BCUT2D eigenvalue weighted by molar-refractivity contribution is 7.13. The van der Waals surface area contributed by atoms with Crippen LogP contribution in [0.3, 0.4) is 0 Å². The Morgan fingerprint density at radius 2 is 1.89 bits per heavy atom. The van der Waals surface area contributed by atoms with E-state index in [-0.39, 0.29) is 23.3 Å². The Bertz CT molecular complexity index is 1280. The fourth-order valence-corrected chi connectivity index (χ4v) is 6.01. The lowest BCUT2D eigenvalue weighted by Gasteiger charge is -2.56. The molecule has 0 unspecified atom stereocenters. The van der Waals surface area contributed by atoms with Gasteiger partial charge < -0.3 is 20.5 Å². The number of hydrogen-bond acceptors (Lipinski definition) is 6. The van der Waals surface area contributed by atoms with Crippen molar-refractivity contribution >= 4 is 34.8 Å². The van der Waals surface area contributed by atoms with E-state index in [1.807, 2.05) is 30.3 Å². The van der Waals surface area contributed by atoms with Crippen molar-refractivity contribution in [2.45, 2.75) is 49.3 Å². The summed E-state index contributed by atoms with van der Waals surface area (Å²) < 4.78 is 19.0. The normalized spacial score (nSPS) is 24.8. The van der Waals surface area contributed by atoms with Gasteiger partial charge in [-0.05, 0) is 44.2 Å². The second kappa shape index (κ2) is 9.80.